The lowest BCUT2D eigenvalue weighted by molar-refractivity contribution is 0.479. The lowest BCUT2D eigenvalue weighted by Gasteiger charge is -2.25. The van der Waals surface area contributed by atoms with Crippen LogP contribution in [0.4, 0.5) is 0 Å². The third-order valence-corrected chi connectivity index (χ3v) is 5.06. The zero-order valence-electron chi connectivity index (χ0n) is 15.0. The van der Waals surface area contributed by atoms with Gasteiger partial charge in [-0.05, 0) is 51.6 Å². The van der Waals surface area contributed by atoms with Crippen molar-refractivity contribution in [2.75, 3.05) is 0 Å². The number of allylic oxidation sites excluding steroid dienone is 1. The number of rotatable bonds is 6. The SMILES string of the molecule is C=Cc1c(C(=C)C(C)C)cc(C(C)C)c(S(=O)(=O)O)c1C(C)C. The first-order chi connectivity index (χ1) is 10.4. The Morgan fingerprint density at radius 2 is 1.65 bits per heavy atom. The van der Waals surface area contributed by atoms with E-state index in [1.54, 1.807) is 6.08 Å². The van der Waals surface area contributed by atoms with Crippen LogP contribution < -0.4 is 0 Å². The summed E-state index contributed by atoms with van der Waals surface area (Å²) in [6, 6.07) is 1.85. The van der Waals surface area contributed by atoms with Gasteiger partial charge in [0.1, 0.15) is 4.90 Å². The molecule has 0 heterocycles. The Morgan fingerprint density at radius 3 is 1.96 bits per heavy atom. The molecule has 0 aromatic heterocycles. The summed E-state index contributed by atoms with van der Waals surface area (Å²) in [5.74, 6) is 0.115. The van der Waals surface area contributed by atoms with Gasteiger partial charge in [0.15, 0.2) is 0 Å². The third kappa shape index (κ3) is 3.93. The van der Waals surface area contributed by atoms with Crippen molar-refractivity contribution in [2.24, 2.45) is 5.92 Å². The first kappa shape index (κ1) is 19.7. The van der Waals surface area contributed by atoms with Crippen LogP contribution in [0.5, 0.6) is 0 Å². The molecular weight excluding hydrogens is 308 g/mol. The van der Waals surface area contributed by atoms with Gasteiger partial charge in [0.05, 0.1) is 0 Å². The van der Waals surface area contributed by atoms with E-state index in [-0.39, 0.29) is 22.6 Å². The molecule has 0 amide bonds. The molecule has 0 aliphatic heterocycles. The standard InChI is InChI=1S/C19H28O3S/c1-9-15-17(14(8)11(2)3)10-16(12(4)5)19(23(20,21)22)18(15)13(6)7/h9-13H,1,8H2,2-7H3,(H,20,21,22). The van der Waals surface area contributed by atoms with Crippen LogP contribution in [0.1, 0.15) is 75.6 Å². The van der Waals surface area contributed by atoms with Gasteiger partial charge in [0.25, 0.3) is 10.1 Å². The molecule has 4 heteroatoms. The monoisotopic (exact) mass is 336 g/mol. The van der Waals surface area contributed by atoms with E-state index < -0.39 is 10.1 Å². The summed E-state index contributed by atoms with van der Waals surface area (Å²) >= 11 is 0. The highest BCUT2D eigenvalue weighted by molar-refractivity contribution is 7.86. The molecule has 0 fully saturated rings. The summed E-state index contributed by atoms with van der Waals surface area (Å²) < 4.78 is 34.0. The normalized spacial score (nSPS) is 12.3. The van der Waals surface area contributed by atoms with Gasteiger partial charge in [0, 0.05) is 0 Å². The Balaban J connectivity index is 4.09. The van der Waals surface area contributed by atoms with Gasteiger partial charge in [-0.25, -0.2) is 0 Å². The molecule has 0 atom stereocenters. The fourth-order valence-corrected chi connectivity index (χ4v) is 4.02. The minimum Gasteiger partial charge on any atom is -0.282 e. The predicted molar refractivity (Wildman–Crippen MR) is 98.4 cm³/mol. The average Bonchev–Trinajstić information content (AvgIpc) is 2.42. The third-order valence-electron chi connectivity index (χ3n) is 4.09. The Hall–Kier alpha value is -1.39. The van der Waals surface area contributed by atoms with Crippen LogP contribution in [0.3, 0.4) is 0 Å². The first-order valence-corrected chi connectivity index (χ1v) is 9.37. The van der Waals surface area contributed by atoms with Crippen LogP contribution in [0.25, 0.3) is 11.6 Å². The molecule has 0 bridgehead atoms. The molecule has 1 aromatic rings. The number of hydrogen-bond donors (Lipinski definition) is 1. The van der Waals surface area contributed by atoms with E-state index in [4.69, 9.17) is 0 Å². The molecule has 1 N–H and O–H groups in total. The zero-order valence-corrected chi connectivity index (χ0v) is 15.8. The van der Waals surface area contributed by atoms with Crippen molar-refractivity contribution in [3.8, 4) is 0 Å². The van der Waals surface area contributed by atoms with Gasteiger partial charge in [0.2, 0.25) is 0 Å². The fourth-order valence-electron chi connectivity index (χ4n) is 2.81. The maximum Gasteiger partial charge on any atom is 0.295 e. The van der Waals surface area contributed by atoms with Gasteiger partial charge in [-0.2, -0.15) is 8.42 Å². The topological polar surface area (TPSA) is 54.4 Å². The van der Waals surface area contributed by atoms with Gasteiger partial charge in [-0.1, -0.05) is 60.8 Å². The van der Waals surface area contributed by atoms with Crippen molar-refractivity contribution in [1.29, 1.82) is 0 Å². The molecule has 1 rings (SSSR count). The molecule has 3 nitrogen and oxygen atoms in total. The largest absolute Gasteiger partial charge is 0.295 e. The van der Waals surface area contributed by atoms with Crippen LogP contribution in [0.15, 0.2) is 24.1 Å². The van der Waals surface area contributed by atoms with E-state index in [1.165, 1.54) is 0 Å². The zero-order chi connectivity index (χ0) is 18.1. The number of benzene rings is 1. The molecule has 0 saturated heterocycles. The smallest absolute Gasteiger partial charge is 0.282 e. The van der Waals surface area contributed by atoms with Gasteiger partial charge in [-0.3, -0.25) is 4.55 Å². The minimum atomic E-state index is -4.33. The van der Waals surface area contributed by atoms with Crippen molar-refractivity contribution < 1.29 is 13.0 Å². The Bertz CT molecular complexity index is 723. The molecule has 0 radical (unpaired) electrons. The van der Waals surface area contributed by atoms with Gasteiger partial charge in [-0.15, -0.1) is 0 Å². The van der Waals surface area contributed by atoms with Crippen LogP contribution >= 0.6 is 0 Å². The summed E-state index contributed by atoms with van der Waals surface area (Å²) in [7, 11) is -4.33. The molecule has 0 aliphatic carbocycles. The summed E-state index contributed by atoms with van der Waals surface area (Å²) in [4.78, 5) is 0.0257. The molecule has 23 heavy (non-hydrogen) atoms. The molecule has 1 aromatic carbocycles. The van der Waals surface area contributed by atoms with E-state index >= 15 is 0 Å². The summed E-state index contributed by atoms with van der Waals surface area (Å²) in [5.41, 5.74) is 3.83. The van der Waals surface area contributed by atoms with Crippen LogP contribution in [0.2, 0.25) is 0 Å². The van der Waals surface area contributed by atoms with Crippen molar-refractivity contribution in [3.05, 3.63) is 41.5 Å². The second-order valence-electron chi connectivity index (χ2n) is 6.84. The Kier molecular flexibility index (Phi) is 6.00. The van der Waals surface area contributed by atoms with E-state index in [1.807, 2.05) is 33.8 Å². The van der Waals surface area contributed by atoms with Crippen LogP contribution in [-0.2, 0) is 10.1 Å². The molecule has 128 valence electrons. The fraction of sp³-hybridized carbons (Fsp3) is 0.474. The van der Waals surface area contributed by atoms with Gasteiger partial charge < -0.3 is 0 Å². The van der Waals surface area contributed by atoms with Crippen molar-refractivity contribution in [1.82, 2.24) is 0 Å². The molecular formula is C19H28O3S. The highest BCUT2D eigenvalue weighted by atomic mass is 32.2. The molecule has 0 saturated carbocycles. The van der Waals surface area contributed by atoms with E-state index in [2.05, 4.69) is 27.0 Å². The summed E-state index contributed by atoms with van der Waals surface area (Å²) in [6.45, 7) is 19.8. The predicted octanol–water partition coefficient (Wildman–Crippen LogP) is 5.49. The number of hydrogen-bond acceptors (Lipinski definition) is 2. The van der Waals surface area contributed by atoms with Crippen molar-refractivity contribution in [2.45, 2.75) is 58.3 Å². The Labute approximate surface area is 140 Å². The molecule has 0 unspecified atom stereocenters. The van der Waals surface area contributed by atoms with Crippen LogP contribution in [0, 0.1) is 5.92 Å². The van der Waals surface area contributed by atoms with Crippen LogP contribution in [-0.4, -0.2) is 13.0 Å². The van der Waals surface area contributed by atoms with E-state index in [0.29, 0.717) is 11.1 Å². The lowest BCUT2D eigenvalue weighted by atomic mass is 9.83. The first-order valence-electron chi connectivity index (χ1n) is 7.93. The average molecular weight is 336 g/mol. The highest BCUT2D eigenvalue weighted by Gasteiger charge is 2.28. The molecule has 0 aliphatic rings. The van der Waals surface area contributed by atoms with Crippen molar-refractivity contribution >= 4 is 21.8 Å². The molecule has 0 spiro atoms. The lowest BCUT2D eigenvalue weighted by Crippen LogP contribution is -2.14. The highest BCUT2D eigenvalue weighted by Crippen LogP contribution is 2.40. The maximum atomic E-state index is 12.1. The minimum absolute atomic E-state index is 0.0257. The van der Waals surface area contributed by atoms with E-state index in [9.17, 15) is 13.0 Å². The quantitative estimate of drug-likeness (QED) is 0.699. The summed E-state index contributed by atoms with van der Waals surface area (Å²) in [5, 5.41) is 0. The Morgan fingerprint density at radius 1 is 1.13 bits per heavy atom. The van der Waals surface area contributed by atoms with E-state index in [0.717, 1.165) is 16.7 Å². The maximum absolute atomic E-state index is 12.1. The second-order valence-corrected chi connectivity index (χ2v) is 8.20. The second kappa shape index (κ2) is 7.02. The summed E-state index contributed by atoms with van der Waals surface area (Å²) in [6.07, 6.45) is 1.66. The van der Waals surface area contributed by atoms with Gasteiger partial charge >= 0.3 is 0 Å². The van der Waals surface area contributed by atoms with Crippen molar-refractivity contribution in [3.63, 3.8) is 0 Å².